The molecule has 1 N–H and O–H groups in total. The zero-order valence-electron chi connectivity index (χ0n) is 14.2. The van der Waals surface area contributed by atoms with Gasteiger partial charge >= 0.3 is 5.97 Å². The molecule has 1 saturated carbocycles. The van der Waals surface area contributed by atoms with E-state index in [1.54, 1.807) is 12.1 Å². The number of benzene rings is 1. The van der Waals surface area contributed by atoms with Gasteiger partial charge in [0.15, 0.2) is 0 Å². The van der Waals surface area contributed by atoms with Crippen molar-refractivity contribution in [3.8, 4) is 0 Å². The van der Waals surface area contributed by atoms with E-state index in [9.17, 15) is 9.59 Å². The Morgan fingerprint density at radius 3 is 2.38 bits per heavy atom. The van der Waals surface area contributed by atoms with Crippen molar-refractivity contribution < 1.29 is 14.7 Å². The summed E-state index contributed by atoms with van der Waals surface area (Å²) in [6.45, 7) is 0.915. The Labute approximate surface area is 143 Å². The van der Waals surface area contributed by atoms with Crippen molar-refractivity contribution >= 4 is 11.9 Å². The number of likely N-dealkylation sites (tertiary alicyclic amines) is 1. The monoisotopic (exact) mass is 329 g/mol. The van der Waals surface area contributed by atoms with Crippen LogP contribution in [-0.2, 0) is 11.2 Å². The highest BCUT2D eigenvalue weighted by molar-refractivity contribution is 5.87. The number of carboxylic acids is 1. The lowest BCUT2D eigenvalue weighted by Gasteiger charge is -2.34. The summed E-state index contributed by atoms with van der Waals surface area (Å²) in [7, 11) is 0. The number of aromatic carboxylic acids is 1. The smallest absolute Gasteiger partial charge is 0.335 e. The van der Waals surface area contributed by atoms with Gasteiger partial charge in [0.1, 0.15) is 0 Å². The predicted molar refractivity (Wildman–Crippen MR) is 93.0 cm³/mol. The number of nitrogens with zero attached hydrogens (tertiary/aromatic N) is 1. The van der Waals surface area contributed by atoms with Crippen molar-refractivity contribution in [1.29, 1.82) is 0 Å². The molecular weight excluding hydrogens is 302 g/mol. The predicted octanol–water partition coefficient (Wildman–Crippen LogP) is 3.89. The number of hydrogen-bond acceptors (Lipinski definition) is 2. The molecule has 130 valence electrons. The Morgan fingerprint density at radius 1 is 1.00 bits per heavy atom. The summed E-state index contributed by atoms with van der Waals surface area (Å²) in [5.74, 6) is 0.0652. The molecule has 1 amide bonds. The Morgan fingerprint density at radius 2 is 1.71 bits per heavy atom. The average molecular weight is 329 g/mol. The molecule has 1 saturated heterocycles. The SMILES string of the molecule is O=C(O)c1ccc(CCC(=O)N2CCCC2C2CCCCC2)cc1. The van der Waals surface area contributed by atoms with Gasteiger partial charge in [0.25, 0.3) is 0 Å². The minimum absolute atomic E-state index is 0.269. The van der Waals surface area contributed by atoms with Gasteiger partial charge in [-0.1, -0.05) is 31.4 Å². The van der Waals surface area contributed by atoms with E-state index >= 15 is 0 Å². The number of carbonyl (C=O) groups is 2. The van der Waals surface area contributed by atoms with Gasteiger partial charge in [0, 0.05) is 19.0 Å². The van der Waals surface area contributed by atoms with E-state index in [4.69, 9.17) is 5.11 Å². The molecule has 0 bridgehead atoms. The van der Waals surface area contributed by atoms with E-state index in [1.165, 1.54) is 38.5 Å². The van der Waals surface area contributed by atoms with E-state index in [0.29, 0.717) is 30.4 Å². The zero-order chi connectivity index (χ0) is 16.9. The van der Waals surface area contributed by atoms with Crippen LogP contribution in [0.4, 0.5) is 0 Å². The van der Waals surface area contributed by atoms with Gasteiger partial charge < -0.3 is 10.0 Å². The molecule has 1 heterocycles. The average Bonchev–Trinajstić information content (AvgIpc) is 3.10. The van der Waals surface area contributed by atoms with Crippen LogP contribution in [0.25, 0.3) is 0 Å². The summed E-state index contributed by atoms with van der Waals surface area (Å²) in [6, 6.07) is 7.33. The first-order valence-corrected chi connectivity index (χ1v) is 9.27. The molecule has 24 heavy (non-hydrogen) atoms. The minimum atomic E-state index is -0.912. The second-order valence-electron chi connectivity index (χ2n) is 7.20. The zero-order valence-corrected chi connectivity index (χ0v) is 14.2. The highest BCUT2D eigenvalue weighted by atomic mass is 16.4. The maximum absolute atomic E-state index is 12.7. The molecule has 0 spiro atoms. The van der Waals surface area contributed by atoms with Crippen LogP contribution in [0.2, 0.25) is 0 Å². The minimum Gasteiger partial charge on any atom is -0.478 e. The largest absolute Gasteiger partial charge is 0.478 e. The fraction of sp³-hybridized carbons (Fsp3) is 0.600. The number of hydrogen-bond donors (Lipinski definition) is 1. The molecule has 0 aromatic heterocycles. The molecule has 1 aromatic rings. The van der Waals surface area contributed by atoms with Crippen molar-refractivity contribution in [3.63, 3.8) is 0 Å². The number of carboxylic acid groups (broad SMARTS) is 1. The molecule has 0 radical (unpaired) electrons. The first-order valence-electron chi connectivity index (χ1n) is 9.27. The second kappa shape index (κ2) is 7.82. The fourth-order valence-electron chi connectivity index (χ4n) is 4.32. The van der Waals surface area contributed by atoms with E-state index < -0.39 is 5.97 Å². The van der Waals surface area contributed by atoms with Crippen molar-refractivity contribution in [2.45, 2.75) is 63.8 Å². The van der Waals surface area contributed by atoms with Crippen LogP contribution in [0.5, 0.6) is 0 Å². The lowest BCUT2D eigenvalue weighted by Crippen LogP contribution is -2.40. The van der Waals surface area contributed by atoms with Crippen molar-refractivity contribution in [2.24, 2.45) is 5.92 Å². The second-order valence-corrected chi connectivity index (χ2v) is 7.20. The number of rotatable bonds is 5. The van der Waals surface area contributed by atoms with Gasteiger partial charge in [-0.2, -0.15) is 0 Å². The third-order valence-electron chi connectivity index (χ3n) is 5.64. The van der Waals surface area contributed by atoms with Crippen molar-refractivity contribution in [3.05, 3.63) is 35.4 Å². The highest BCUT2D eigenvalue weighted by Crippen LogP contribution is 2.34. The molecule has 1 aliphatic carbocycles. The van der Waals surface area contributed by atoms with E-state index in [1.807, 2.05) is 12.1 Å². The normalized spacial score (nSPS) is 21.8. The molecule has 1 atom stereocenters. The number of carbonyl (C=O) groups excluding carboxylic acids is 1. The topological polar surface area (TPSA) is 57.6 Å². The summed E-state index contributed by atoms with van der Waals surface area (Å²) < 4.78 is 0. The molecule has 1 aliphatic heterocycles. The first kappa shape index (κ1) is 17.0. The van der Waals surface area contributed by atoms with E-state index in [0.717, 1.165) is 18.5 Å². The number of amides is 1. The summed E-state index contributed by atoms with van der Waals surface area (Å²) >= 11 is 0. The van der Waals surface area contributed by atoms with Gasteiger partial charge in [0.05, 0.1) is 5.56 Å². The third kappa shape index (κ3) is 3.97. The van der Waals surface area contributed by atoms with Crippen LogP contribution >= 0.6 is 0 Å². The Hall–Kier alpha value is -1.84. The van der Waals surface area contributed by atoms with Crippen molar-refractivity contribution in [1.82, 2.24) is 4.90 Å². The Bertz CT molecular complexity index is 575. The van der Waals surface area contributed by atoms with Gasteiger partial charge in [0.2, 0.25) is 5.91 Å². The fourth-order valence-corrected chi connectivity index (χ4v) is 4.32. The first-order chi connectivity index (χ1) is 11.6. The van der Waals surface area contributed by atoms with Crippen molar-refractivity contribution in [2.75, 3.05) is 6.54 Å². The maximum Gasteiger partial charge on any atom is 0.335 e. The Balaban J connectivity index is 1.54. The number of aryl methyl sites for hydroxylation is 1. The lowest BCUT2D eigenvalue weighted by atomic mass is 9.83. The van der Waals surface area contributed by atoms with Crippen LogP contribution in [0.1, 0.15) is 67.3 Å². The van der Waals surface area contributed by atoms with E-state index in [-0.39, 0.29) is 5.91 Å². The van der Waals surface area contributed by atoms with Gasteiger partial charge in [-0.05, 0) is 55.7 Å². The van der Waals surface area contributed by atoms with Gasteiger partial charge in [-0.15, -0.1) is 0 Å². The maximum atomic E-state index is 12.7. The molecule has 2 fully saturated rings. The highest BCUT2D eigenvalue weighted by Gasteiger charge is 2.34. The Kier molecular flexibility index (Phi) is 5.54. The van der Waals surface area contributed by atoms with Gasteiger partial charge in [-0.3, -0.25) is 4.79 Å². The quantitative estimate of drug-likeness (QED) is 0.891. The standard InChI is InChI=1S/C20H27NO3/c22-19(13-10-15-8-11-17(12-9-15)20(23)24)21-14-4-7-18(21)16-5-2-1-3-6-16/h8-9,11-12,16,18H,1-7,10,13-14H2,(H,23,24). The van der Waals surface area contributed by atoms with Gasteiger partial charge in [-0.25, -0.2) is 4.79 Å². The van der Waals surface area contributed by atoms with E-state index in [2.05, 4.69) is 4.90 Å². The van der Waals surface area contributed by atoms with Crippen LogP contribution < -0.4 is 0 Å². The summed E-state index contributed by atoms with van der Waals surface area (Å²) in [6.07, 6.45) is 10.1. The molecule has 2 aliphatic rings. The van der Waals surface area contributed by atoms with Crippen LogP contribution in [0.15, 0.2) is 24.3 Å². The van der Waals surface area contributed by atoms with Crippen LogP contribution in [-0.4, -0.2) is 34.5 Å². The summed E-state index contributed by atoms with van der Waals surface area (Å²) in [4.78, 5) is 25.7. The lowest BCUT2D eigenvalue weighted by molar-refractivity contribution is -0.133. The molecule has 1 aromatic carbocycles. The van der Waals surface area contributed by atoms with Crippen LogP contribution in [0.3, 0.4) is 0 Å². The molecular formula is C20H27NO3. The molecule has 4 nitrogen and oxygen atoms in total. The summed E-state index contributed by atoms with van der Waals surface area (Å²) in [5, 5.41) is 8.93. The third-order valence-corrected chi connectivity index (χ3v) is 5.64. The molecule has 3 rings (SSSR count). The molecule has 4 heteroatoms. The van der Waals surface area contributed by atoms with Crippen LogP contribution in [0, 0.1) is 5.92 Å². The summed E-state index contributed by atoms with van der Waals surface area (Å²) in [5.41, 5.74) is 1.32. The molecule has 1 unspecified atom stereocenters.